The van der Waals surface area contributed by atoms with Crippen LogP contribution in [0.4, 0.5) is 22.7 Å². The molecular weight excluding hydrogens is 975 g/mol. The Bertz CT molecular complexity index is 4560. The number of rotatable bonds is 9. The van der Waals surface area contributed by atoms with Crippen LogP contribution in [0.25, 0.3) is 77.7 Å². The Kier molecular flexibility index (Phi) is 10.8. The van der Waals surface area contributed by atoms with Gasteiger partial charge in [-0.25, -0.2) is 4.98 Å². The Morgan fingerprint density at radius 3 is 1.74 bits per heavy atom. The first-order valence-electron chi connectivity index (χ1n) is 30.1. The number of pyridine rings is 1. The molecule has 12 aromatic rings. The van der Waals surface area contributed by atoms with Crippen molar-refractivity contribution in [2.45, 2.75) is 78.6 Å². The lowest BCUT2D eigenvalue weighted by atomic mass is 9.78. The Morgan fingerprint density at radius 1 is 0.425 bits per heavy atom. The van der Waals surface area contributed by atoms with Crippen LogP contribution in [0.15, 0.2) is 231 Å². The molecule has 0 fully saturated rings. The van der Waals surface area contributed by atoms with Crippen molar-refractivity contribution in [2.24, 2.45) is 0 Å². The van der Waals surface area contributed by atoms with Crippen molar-refractivity contribution >= 4 is 55.6 Å². The van der Waals surface area contributed by atoms with Gasteiger partial charge in [-0.3, -0.25) is 4.57 Å². The highest BCUT2D eigenvalue weighted by atomic mass is 16.5. The van der Waals surface area contributed by atoms with E-state index in [0.29, 0.717) is 23.7 Å². The molecular formula is C74H67N5O. The van der Waals surface area contributed by atoms with Crippen molar-refractivity contribution < 1.29 is 11.6 Å². The number of hydrogen-bond donors (Lipinski definition) is 0. The molecule has 13 rings (SSSR count). The number of aromatic nitrogens is 3. The molecule has 394 valence electrons. The van der Waals surface area contributed by atoms with Crippen LogP contribution in [-0.2, 0) is 16.2 Å². The van der Waals surface area contributed by atoms with Gasteiger partial charge in [0.15, 0.2) is 0 Å². The Hall–Kier alpha value is -9.13. The molecule has 0 saturated carbocycles. The summed E-state index contributed by atoms with van der Waals surface area (Å²) in [4.78, 5) is 9.63. The summed E-state index contributed by atoms with van der Waals surface area (Å²) in [5, 5.41) is 2.17. The highest BCUT2D eigenvalue weighted by Crippen LogP contribution is 2.52. The summed E-state index contributed by atoms with van der Waals surface area (Å²) in [5.74, 6) is 2.11. The first-order chi connectivity index (χ1) is 40.6. The average Bonchev–Trinajstić information content (AvgIpc) is 1.64. The van der Waals surface area contributed by atoms with Crippen molar-refractivity contribution in [3.05, 3.63) is 247 Å². The lowest BCUT2D eigenvalue weighted by Gasteiger charge is -2.29. The quantitative estimate of drug-likeness (QED) is 0.144. The van der Waals surface area contributed by atoms with Gasteiger partial charge in [0.2, 0.25) is 0 Å². The molecule has 0 saturated heterocycles. The molecule has 6 heteroatoms. The summed E-state index contributed by atoms with van der Waals surface area (Å²) >= 11 is 0. The molecule has 0 aliphatic carbocycles. The number of nitrogens with zero attached hydrogens (tertiary/aromatic N) is 5. The minimum atomic E-state index is -0.431. The number of anilines is 4. The van der Waals surface area contributed by atoms with Crippen molar-refractivity contribution in [3.63, 3.8) is 0 Å². The van der Waals surface area contributed by atoms with Crippen LogP contribution in [0.2, 0.25) is 0 Å². The molecule has 0 spiro atoms. The van der Waals surface area contributed by atoms with Gasteiger partial charge in [-0.1, -0.05) is 208 Å². The summed E-state index contributed by atoms with van der Waals surface area (Å²) in [6.45, 7) is 20.4. The molecule has 6 nitrogen and oxygen atoms in total. The fourth-order valence-electron chi connectivity index (χ4n) is 11.5. The highest BCUT2D eigenvalue weighted by Gasteiger charge is 2.33. The third-order valence-corrected chi connectivity index (χ3v) is 15.7. The standard InChI is InChI=1S/C74H67N5O/c1-72(2,3)53-38-39-75-68(45-53)79-67-47-58(36-37-63(67)70-71(79)62-30-19-20-33-64(62)78(70)56-28-17-12-18-29-56)80-59-43-51(49-24-13-10-14-25-49)42-57(46-59)76-48-77(66-35-22-21-34-65(66)76)69-60(50-26-15-11-16-27-50)31-23-32-61(69)52-40-54(73(4,5)6)44-55(41-52)74(7,8)9/h10-47H,48H2,1-9H3/i11D,15D,16D,26D,27D. The summed E-state index contributed by atoms with van der Waals surface area (Å²) in [5.41, 5.74) is 16.2. The minimum Gasteiger partial charge on any atom is -0.457 e. The van der Waals surface area contributed by atoms with Gasteiger partial charge in [0.1, 0.15) is 24.0 Å². The second kappa shape index (κ2) is 19.3. The molecule has 80 heavy (non-hydrogen) atoms. The second-order valence-electron chi connectivity index (χ2n) is 24.2. The minimum absolute atomic E-state index is 0.120. The normalized spacial score (nSPS) is 13.8. The number of hydrogen-bond acceptors (Lipinski definition) is 4. The third kappa shape index (κ3) is 8.99. The Balaban J connectivity index is 0.998. The van der Waals surface area contributed by atoms with Crippen LogP contribution in [-0.4, -0.2) is 20.8 Å². The molecule has 1 aliphatic rings. The van der Waals surface area contributed by atoms with Crippen LogP contribution >= 0.6 is 0 Å². The number of fused-ring (bicyclic) bond motifs is 6. The molecule has 0 radical (unpaired) electrons. The van der Waals surface area contributed by atoms with Crippen LogP contribution in [0.3, 0.4) is 0 Å². The van der Waals surface area contributed by atoms with E-state index < -0.39 is 6.04 Å². The van der Waals surface area contributed by atoms with Crippen molar-refractivity contribution in [3.8, 4) is 56.4 Å². The Morgan fingerprint density at radius 2 is 1.04 bits per heavy atom. The molecule has 9 aromatic carbocycles. The maximum atomic E-state index is 9.39. The van der Waals surface area contributed by atoms with E-state index in [-0.39, 0.29) is 46.0 Å². The molecule has 0 atom stereocenters. The van der Waals surface area contributed by atoms with Gasteiger partial charge >= 0.3 is 0 Å². The van der Waals surface area contributed by atoms with E-state index in [0.717, 1.165) is 89.3 Å². The van der Waals surface area contributed by atoms with Gasteiger partial charge in [0.05, 0.1) is 46.0 Å². The summed E-state index contributed by atoms with van der Waals surface area (Å²) in [7, 11) is 0. The van der Waals surface area contributed by atoms with E-state index in [9.17, 15) is 2.74 Å². The highest BCUT2D eigenvalue weighted by molar-refractivity contribution is 6.20. The molecule has 0 unspecified atom stereocenters. The maximum Gasteiger partial charge on any atom is 0.137 e. The average molecular weight is 1050 g/mol. The Labute approximate surface area is 477 Å². The van der Waals surface area contributed by atoms with Crippen LogP contribution < -0.4 is 14.5 Å². The molecule has 4 heterocycles. The van der Waals surface area contributed by atoms with E-state index in [1.807, 2.05) is 48.7 Å². The van der Waals surface area contributed by atoms with Gasteiger partial charge in [-0.15, -0.1) is 0 Å². The van der Waals surface area contributed by atoms with Gasteiger partial charge in [-0.2, -0.15) is 0 Å². The fraction of sp³-hybridized carbons (Fsp3) is 0.176. The number of para-hydroxylation sites is 5. The lowest BCUT2D eigenvalue weighted by molar-refractivity contribution is 0.483. The van der Waals surface area contributed by atoms with E-state index in [1.165, 1.54) is 16.7 Å². The van der Waals surface area contributed by atoms with Gasteiger partial charge in [0.25, 0.3) is 0 Å². The van der Waals surface area contributed by atoms with Crippen LogP contribution in [0.1, 0.15) is 85.9 Å². The van der Waals surface area contributed by atoms with E-state index in [2.05, 4.69) is 233 Å². The van der Waals surface area contributed by atoms with Gasteiger partial charge < -0.3 is 19.1 Å². The summed E-state index contributed by atoms with van der Waals surface area (Å²) < 4.78 is 57.0. The third-order valence-electron chi connectivity index (χ3n) is 15.7. The largest absolute Gasteiger partial charge is 0.457 e. The van der Waals surface area contributed by atoms with E-state index >= 15 is 0 Å². The van der Waals surface area contributed by atoms with Crippen LogP contribution in [0, 0.1) is 0 Å². The summed E-state index contributed by atoms with van der Waals surface area (Å²) in [6.07, 6.45) is 1.92. The zero-order valence-corrected chi connectivity index (χ0v) is 46.9. The monoisotopic (exact) mass is 1050 g/mol. The topological polar surface area (TPSA) is 38.5 Å². The van der Waals surface area contributed by atoms with Gasteiger partial charge in [-0.05, 0) is 122 Å². The maximum absolute atomic E-state index is 9.39. The zero-order chi connectivity index (χ0) is 59.4. The first-order valence-corrected chi connectivity index (χ1v) is 27.6. The molecule has 0 amide bonds. The van der Waals surface area contributed by atoms with Crippen molar-refractivity contribution in [1.29, 1.82) is 0 Å². The van der Waals surface area contributed by atoms with Gasteiger partial charge in [0, 0.05) is 51.6 Å². The molecule has 0 N–H and O–H groups in total. The predicted molar refractivity (Wildman–Crippen MR) is 336 cm³/mol. The number of ether oxygens (including phenoxy) is 1. The second-order valence-corrected chi connectivity index (χ2v) is 24.2. The molecule has 3 aromatic heterocycles. The zero-order valence-electron chi connectivity index (χ0n) is 51.9. The fourth-order valence-corrected chi connectivity index (χ4v) is 11.5. The summed E-state index contributed by atoms with van der Waals surface area (Å²) in [6, 6.07) is 66.0. The predicted octanol–water partition coefficient (Wildman–Crippen LogP) is 20.1. The lowest BCUT2D eigenvalue weighted by Crippen LogP contribution is -2.25. The molecule has 1 aliphatic heterocycles. The first kappa shape index (κ1) is 44.8. The smallest absolute Gasteiger partial charge is 0.137 e. The van der Waals surface area contributed by atoms with Crippen molar-refractivity contribution in [2.75, 3.05) is 16.5 Å². The van der Waals surface area contributed by atoms with Crippen LogP contribution in [0.5, 0.6) is 11.5 Å². The number of benzene rings is 9. The SMILES string of the molecule is [2H]c1c([2H])c([2H])c(-c2cccc(-c3cc(C(C)(C)C)cc(C(C)(C)C)c3)c2N2CN(c3cc(Oc4ccc5c(c4)n(-c4cc(C(C)(C)C)ccn4)c4c6ccccc6n(-c6ccccc6)c54)cc(-c4ccccc4)c3)c3ccccc32)c([2H])c1[2H]. The molecule has 0 bridgehead atoms. The van der Waals surface area contributed by atoms with Crippen molar-refractivity contribution in [1.82, 2.24) is 14.1 Å². The van der Waals surface area contributed by atoms with E-state index in [4.69, 9.17) is 13.8 Å². The van der Waals surface area contributed by atoms with E-state index in [1.54, 1.807) is 0 Å².